The maximum absolute atomic E-state index is 9.69. The molecule has 0 amide bonds. The summed E-state index contributed by atoms with van der Waals surface area (Å²) in [7, 11) is 0. The van der Waals surface area contributed by atoms with Crippen LogP contribution in [0.3, 0.4) is 0 Å². The van der Waals surface area contributed by atoms with Crippen LogP contribution in [0.1, 0.15) is 0 Å². The number of benzene rings is 2. The van der Waals surface area contributed by atoms with Crippen molar-refractivity contribution in [2.24, 2.45) is 0 Å². The number of phenols is 1. The zero-order valence-corrected chi connectivity index (χ0v) is 10.1. The van der Waals surface area contributed by atoms with Crippen LogP contribution in [0.4, 0.5) is 0 Å². The normalized spacial score (nSPS) is 10.3. The summed E-state index contributed by atoms with van der Waals surface area (Å²) >= 11 is 9.24. The molecule has 2 aromatic carbocycles. The van der Waals surface area contributed by atoms with Crippen LogP contribution < -0.4 is 0 Å². The lowest BCUT2D eigenvalue weighted by Crippen LogP contribution is -1.79. The highest BCUT2D eigenvalue weighted by Crippen LogP contribution is 2.32. The minimum absolute atomic E-state index is 0.238. The van der Waals surface area contributed by atoms with Gasteiger partial charge in [-0.25, -0.2) is 0 Å². The van der Waals surface area contributed by atoms with Crippen molar-refractivity contribution in [1.82, 2.24) is 0 Å². The lowest BCUT2D eigenvalue weighted by atomic mass is 10.1. The van der Waals surface area contributed by atoms with E-state index >= 15 is 0 Å². The van der Waals surface area contributed by atoms with Gasteiger partial charge in [-0.1, -0.05) is 39.7 Å². The fourth-order valence-electron chi connectivity index (χ4n) is 1.37. The van der Waals surface area contributed by atoms with Gasteiger partial charge >= 0.3 is 0 Å². The van der Waals surface area contributed by atoms with E-state index < -0.39 is 0 Å². The van der Waals surface area contributed by atoms with Crippen LogP contribution >= 0.6 is 27.5 Å². The van der Waals surface area contributed by atoms with Crippen LogP contribution in [-0.2, 0) is 0 Å². The first-order valence-electron chi connectivity index (χ1n) is 4.41. The Labute approximate surface area is 101 Å². The highest BCUT2D eigenvalue weighted by molar-refractivity contribution is 9.10. The molecule has 15 heavy (non-hydrogen) atoms. The molecule has 0 bridgehead atoms. The maximum atomic E-state index is 9.69. The Morgan fingerprint density at radius 1 is 1.00 bits per heavy atom. The molecule has 0 aliphatic rings. The zero-order chi connectivity index (χ0) is 10.8. The molecule has 0 aliphatic carbocycles. The lowest BCUT2D eigenvalue weighted by molar-refractivity contribution is 0.477. The van der Waals surface area contributed by atoms with Gasteiger partial charge < -0.3 is 5.11 Å². The summed E-state index contributed by atoms with van der Waals surface area (Å²) in [4.78, 5) is 0. The maximum Gasteiger partial charge on any atom is 0.123 e. The average molecular weight is 284 g/mol. The molecule has 1 N–H and O–H groups in total. The molecule has 0 aliphatic heterocycles. The Hall–Kier alpha value is -0.990. The molecule has 2 aromatic rings. The first kappa shape index (κ1) is 10.5. The van der Waals surface area contributed by atoms with Gasteiger partial charge in [-0.15, -0.1) is 0 Å². The van der Waals surface area contributed by atoms with Gasteiger partial charge in [-0.05, 0) is 35.9 Å². The van der Waals surface area contributed by atoms with Crippen LogP contribution in [0.5, 0.6) is 5.75 Å². The molecule has 2 rings (SSSR count). The van der Waals surface area contributed by atoms with Crippen LogP contribution in [0.25, 0.3) is 11.1 Å². The number of hydrogen-bond donors (Lipinski definition) is 1. The Balaban J connectivity index is 2.53. The molecule has 0 saturated heterocycles. The Morgan fingerprint density at radius 3 is 2.33 bits per heavy atom. The summed E-state index contributed by atoms with van der Waals surface area (Å²) in [6.07, 6.45) is 0. The second-order valence-electron chi connectivity index (χ2n) is 3.17. The SMILES string of the molecule is Oc1ccc(Cl)cc1-c1ccc(Br)cc1. The summed E-state index contributed by atoms with van der Waals surface area (Å²) in [6, 6.07) is 12.7. The average Bonchev–Trinajstić information content (AvgIpc) is 2.23. The second-order valence-corrected chi connectivity index (χ2v) is 4.52. The predicted molar refractivity (Wildman–Crippen MR) is 66.3 cm³/mol. The Kier molecular flexibility index (Phi) is 2.98. The molecule has 3 heteroatoms. The number of phenolic OH excluding ortho intramolecular Hbond substituents is 1. The molecule has 76 valence electrons. The van der Waals surface area contributed by atoms with Crippen LogP contribution in [0, 0.1) is 0 Å². The molecular weight excluding hydrogens is 275 g/mol. The van der Waals surface area contributed by atoms with Gasteiger partial charge in [0.25, 0.3) is 0 Å². The monoisotopic (exact) mass is 282 g/mol. The topological polar surface area (TPSA) is 20.2 Å². The smallest absolute Gasteiger partial charge is 0.123 e. The lowest BCUT2D eigenvalue weighted by Gasteiger charge is -2.05. The van der Waals surface area contributed by atoms with E-state index in [1.165, 1.54) is 0 Å². The van der Waals surface area contributed by atoms with E-state index in [1.54, 1.807) is 18.2 Å². The minimum atomic E-state index is 0.238. The first-order chi connectivity index (χ1) is 7.16. The van der Waals surface area contributed by atoms with Crippen molar-refractivity contribution in [3.05, 3.63) is 52.0 Å². The summed E-state index contributed by atoms with van der Waals surface area (Å²) < 4.78 is 1.01. The summed E-state index contributed by atoms with van der Waals surface area (Å²) in [5.74, 6) is 0.238. The number of aromatic hydroxyl groups is 1. The quantitative estimate of drug-likeness (QED) is 0.818. The van der Waals surface area contributed by atoms with Crippen LogP contribution in [0.2, 0.25) is 5.02 Å². The predicted octanol–water partition coefficient (Wildman–Crippen LogP) is 4.48. The van der Waals surface area contributed by atoms with Gasteiger partial charge in [0, 0.05) is 15.1 Å². The molecular formula is C12H8BrClO. The summed E-state index contributed by atoms with van der Waals surface area (Å²) in [6.45, 7) is 0. The van der Waals surface area contributed by atoms with Gasteiger partial charge in [0.15, 0.2) is 0 Å². The molecule has 0 fully saturated rings. The summed E-state index contributed by atoms with van der Waals surface area (Å²) in [5.41, 5.74) is 1.69. The van der Waals surface area contributed by atoms with Gasteiger partial charge in [0.05, 0.1) is 0 Å². The molecule has 0 saturated carbocycles. The van der Waals surface area contributed by atoms with Gasteiger partial charge in [-0.3, -0.25) is 0 Å². The highest BCUT2D eigenvalue weighted by Gasteiger charge is 2.04. The van der Waals surface area contributed by atoms with E-state index in [4.69, 9.17) is 11.6 Å². The largest absolute Gasteiger partial charge is 0.507 e. The van der Waals surface area contributed by atoms with Crippen molar-refractivity contribution >= 4 is 27.5 Å². The van der Waals surface area contributed by atoms with Crippen molar-refractivity contribution in [2.45, 2.75) is 0 Å². The Bertz CT molecular complexity index is 479. The number of halogens is 2. The third-order valence-electron chi connectivity index (χ3n) is 2.11. The zero-order valence-electron chi connectivity index (χ0n) is 7.74. The fourth-order valence-corrected chi connectivity index (χ4v) is 1.81. The van der Waals surface area contributed by atoms with Crippen LogP contribution in [-0.4, -0.2) is 5.11 Å². The van der Waals surface area contributed by atoms with Crippen molar-refractivity contribution in [3.63, 3.8) is 0 Å². The standard InChI is InChI=1S/C12H8BrClO/c13-9-3-1-8(2-4-9)11-7-10(14)5-6-12(11)15/h1-7,15H. The van der Waals surface area contributed by atoms with E-state index in [9.17, 15) is 5.11 Å². The summed E-state index contributed by atoms with van der Waals surface area (Å²) in [5, 5.41) is 10.3. The van der Waals surface area contributed by atoms with E-state index in [0.717, 1.165) is 15.6 Å². The van der Waals surface area contributed by atoms with Crippen molar-refractivity contribution < 1.29 is 5.11 Å². The third kappa shape index (κ3) is 2.33. The molecule has 0 unspecified atom stereocenters. The molecule has 0 spiro atoms. The number of rotatable bonds is 1. The van der Waals surface area contributed by atoms with Gasteiger partial charge in [0.1, 0.15) is 5.75 Å². The fraction of sp³-hybridized carbons (Fsp3) is 0. The molecule has 0 atom stereocenters. The molecule has 0 aromatic heterocycles. The van der Waals surface area contributed by atoms with Gasteiger partial charge in [0.2, 0.25) is 0 Å². The highest BCUT2D eigenvalue weighted by atomic mass is 79.9. The Morgan fingerprint density at radius 2 is 1.67 bits per heavy atom. The third-order valence-corrected chi connectivity index (χ3v) is 2.88. The molecule has 1 nitrogen and oxygen atoms in total. The van der Waals surface area contributed by atoms with E-state index in [0.29, 0.717) is 5.02 Å². The minimum Gasteiger partial charge on any atom is -0.507 e. The van der Waals surface area contributed by atoms with Crippen molar-refractivity contribution in [1.29, 1.82) is 0 Å². The number of hydrogen-bond acceptors (Lipinski definition) is 1. The second kappa shape index (κ2) is 4.25. The first-order valence-corrected chi connectivity index (χ1v) is 5.58. The van der Waals surface area contributed by atoms with Crippen molar-refractivity contribution in [3.8, 4) is 16.9 Å². The molecule has 0 heterocycles. The van der Waals surface area contributed by atoms with Crippen molar-refractivity contribution in [2.75, 3.05) is 0 Å². The van der Waals surface area contributed by atoms with Crippen LogP contribution in [0.15, 0.2) is 46.9 Å². The molecule has 0 radical (unpaired) electrons. The van der Waals surface area contributed by atoms with Gasteiger partial charge in [-0.2, -0.15) is 0 Å². The van der Waals surface area contributed by atoms with E-state index in [-0.39, 0.29) is 5.75 Å². The van der Waals surface area contributed by atoms with E-state index in [1.807, 2.05) is 24.3 Å². The van der Waals surface area contributed by atoms with E-state index in [2.05, 4.69) is 15.9 Å².